The van der Waals surface area contributed by atoms with Gasteiger partial charge in [-0.1, -0.05) is 12.1 Å². The highest BCUT2D eigenvalue weighted by atomic mass is 32.2. The van der Waals surface area contributed by atoms with Crippen molar-refractivity contribution in [3.63, 3.8) is 0 Å². The van der Waals surface area contributed by atoms with Crippen LogP contribution in [0.1, 0.15) is 12.5 Å². The second-order valence-corrected chi connectivity index (χ2v) is 6.48. The minimum absolute atomic E-state index is 0.0269. The standard InChI is InChI=1S/C11H15N3O6S/c1-2-21(18,19)6-5-20-10-4-3-8(11(12)13-15)7-9(10)14(16)17/h3-4,7,15H,2,5-6H2,1H3,(H2,12,13). The summed E-state index contributed by atoms with van der Waals surface area (Å²) in [6, 6.07) is 3.72. The lowest BCUT2D eigenvalue weighted by molar-refractivity contribution is -0.385. The van der Waals surface area contributed by atoms with Crippen molar-refractivity contribution >= 4 is 21.4 Å². The van der Waals surface area contributed by atoms with E-state index in [2.05, 4.69) is 5.16 Å². The molecule has 0 amide bonds. The van der Waals surface area contributed by atoms with E-state index in [0.717, 1.165) is 6.07 Å². The topological polar surface area (TPSA) is 145 Å². The normalized spacial score (nSPS) is 12.1. The smallest absolute Gasteiger partial charge is 0.311 e. The van der Waals surface area contributed by atoms with Gasteiger partial charge >= 0.3 is 5.69 Å². The highest BCUT2D eigenvalue weighted by Gasteiger charge is 2.18. The summed E-state index contributed by atoms with van der Waals surface area (Å²) < 4.78 is 27.8. The van der Waals surface area contributed by atoms with E-state index in [4.69, 9.17) is 15.7 Å². The molecule has 116 valence electrons. The first-order valence-corrected chi connectivity index (χ1v) is 7.72. The third kappa shape index (κ3) is 4.60. The van der Waals surface area contributed by atoms with Crippen LogP contribution in [0.2, 0.25) is 0 Å². The number of ether oxygens (including phenoxy) is 1. The minimum Gasteiger partial charge on any atom is -0.486 e. The molecule has 0 aromatic heterocycles. The molecular weight excluding hydrogens is 302 g/mol. The Morgan fingerprint density at radius 1 is 1.52 bits per heavy atom. The molecule has 0 bridgehead atoms. The summed E-state index contributed by atoms with van der Waals surface area (Å²) in [5, 5.41) is 22.3. The molecule has 1 aromatic carbocycles. The predicted molar refractivity (Wildman–Crippen MR) is 75.4 cm³/mol. The summed E-state index contributed by atoms with van der Waals surface area (Å²) in [6.07, 6.45) is 0. The minimum atomic E-state index is -3.22. The average molecular weight is 317 g/mol. The lowest BCUT2D eigenvalue weighted by Crippen LogP contribution is -2.16. The number of hydrogen-bond acceptors (Lipinski definition) is 7. The highest BCUT2D eigenvalue weighted by Crippen LogP contribution is 2.28. The van der Waals surface area contributed by atoms with Crippen LogP contribution >= 0.6 is 0 Å². The van der Waals surface area contributed by atoms with Gasteiger partial charge in [0.1, 0.15) is 6.61 Å². The molecular formula is C11H15N3O6S. The number of nitrogens with zero attached hydrogens (tertiary/aromatic N) is 2. The number of nitro groups is 1. The molecule has 0 fully saturated rings. The van der Waals surface area contributed by atoms with E-state index in [9.17, 15) is 18.5 Å². The summed E-state index contributed by atoms with van der Waals surface area (Å²) in [5.74, 6) is -0.622. The zero-order valence-electron chi connectivity index (χ0n) is 11.2. The van der Waals surface area contributed by atoms with Crippen LogP contribution in [0, 0.1) is 10.1 Å². The summed E-state index contributed by atoms with van der Waals surface area (Å²) in [6.45, 7) is 1.31. The summed E-state index contributed by atoms with van der Waals surface area (Å²) in [4.78, 5) is 10.3. The number of nitrogens with two attached hydrogens (primary N) is 1. The van der Waals surface area contributed by atoms with E-state index in [1.54, 1.807) is 0 Å². The second kappa shape index (κ2) is 6.88. The number of amidine groups is 1. The second-order valence-electron chi connectivity index (χ2n) is 4.01. The maximum atomic E-state index is 11.3. The van der Waals surface area contributed by atoms with Gasteiger partial charge in [-0.15, -0.1) is 0 Å². The molecule has 0 spiro atoms. The van der Waals surface area contributed by atoms with Crippen molar-refractivity contribution in [2.75, 3.05) is 18.1 Å². The Hall–Kier alpha value is -2.36. The molecule has 0 aliphatic carbocycles. The van der Waals surface area contributed by atoms with Crippen LogP contribution in [-0.4, -0.2) is 42.5 Å². The van der Waals surface area contributed by atoms with Gasteiger partial charge < -0.3 is 15.7 Å². The van der Waals surface area contributed by atoms with Crippen LogP contribution in [0.5, 0.6) is 5.75 Å². The maximum Gasteiger partial charge on any atom is 0.311 e. The summed E-state index contributed by atoms with van der Waals surface area (Å²) >= 11 is 0. The van der Waals surface area contributed by atoms with E-state index < -0.39 is 20.4 Å². The third-order valence-corrected chi connectivity index (χ3v) is 4.32. The van der Waals surface area contributed by atoms with Crippen LogP contribution in [0.4, 0.5) is 5.69 Å². The van der Waals surface area contributed by atoms with Crippen LogP contribution in [-0.2, 0) is 9.84 Å². The predicted octanol–water partition coefficient (Wildman–Crippen LogP) is 0.503. The van der Waals surface area contributed by atoms with E-state index in [-0.39, 0.29) is 35.3 Å². The Bertz CT molecular complexity index is 656. The van der Waals surface area contributed by atoms with Crippen LogP contribution in [0.15, 0.2) is 23.4 Å². The number of rotatable bonds is 7. The summed E-state index contributed by atoms with van der Waals surface area (Å²) in [5.41, 5.74) is 5.10. The first-order chi connectivity index (χ1) is 9.80. The molecule has 0 saturated heterocycles. The quantitative estimate of drug-likeness (QED) is 0.245. The van der Waals surface area contributed by atoms with Crippen LogP contribution in [0.3, 0.4) is 0 Å². The van der Waals surface area contributed by atoms with Gasteiger partial charge in [-0.05, 0) is 12.1 Å². The fourth-order valence-corrected chi connectivity index (χ4v) is 2.05. The molecule has 0 radical (unpaired) electrons. The lowest BCUT2D eigenvalue weighted by atomic mass is 10.1. The van der Waals surface area contributed by atoms with E-state index in [0.29, 0.717) is 0 Å². The zero-order valence-corrected chi connectivity index (χ0v) is 12.0. The Morgan fingerprint density at radius 2 is 2.19 bits per heavy atom. The number of benzene rings is 1. The maximum absolute atomic E-state index is 11.3. The monoisotopic (exact) mass is 317 g/mol. The van der Waals surface area contributed by atoms with Crippen molar-refractivity contribution in [3.8, 4) is 5.75 Å². The van der Waals surface area contributed by atoms with Crippen LogP contribution in [0.25, 0.3) is 0 Å². The molecule has 9 nitrogen and oxygen atoms in total. The summed E-state index contributed by atoms with van der Waals surface area (Å²) in [7, 11) is -3.22. The van der Waals surface area contributed by atoms with Gasteiger partial charge in [-0.25, -0.2) is 8.42 Å². The number of hydrogen-bond donors (Lipinski definition) is 2. The van der Waals surface area contributed by atoms with Crippen molar-refractivity contribution in [1.82, 2.24) is 0 Å². The molecule has 1 aromatic rings. The molecule has 0 heterocycles. The Balaban J connectivity index is 2.95. The number of sulfone groups is 1. The molecule has 3 N–H and O–H groups in total. The zero-order chi connectivity index (χ0) is 16.0. The van der Waals surface area contributed by atoms with E-state index in [1.165, 1.54) is 19.1 Å². The molecule has 0 unspecified atom stereocenters. The number of oxime groups is 1. The Morgan fingerprint density at radius 3 is 2.71 bits per heavy atom. The molecule has 21 heavy (non-hydrogen) atoms. The lowest BCUT2D eigenvalue weighted by Gasteiger charge is -2.08. The van der Waals surface area contributed by atoms with Gasteiger partial charge in [0.2, 0.25) is 0 Å². The van der Waals surface area contributed by atoms with Crippen molar-refractivity contribution < 1.29 is 23.3 Å². The molecule has 0 atom stereocenters. The van der Waals surface area contributed by atoms with Gasteiger partial charge in [-0.2, -0.15) is 0 Å². The van der Waals surface area contributed by atoms with Crippen molar-refractivity contribution in [1.29, 1.82) is 0 Å². The fraction of sp³-hybridized carbons (Fsp3) is 0.364. The third-order valence-electron chi connectivity index (χ3n) is 2.65. The molecule has 10 heteroatoms. The average Bonchev–Trinajstić information content (AvgIpc) is 2.46. The molecule has 0 aliphatic rings. The van der Waals surface area contributed by atoms with Gasteiger partial charge in [0, 0.05) is 17.4 Å². The van der Waals surface area contributed by atoms with Gasteiger partial charge in [0.05, 0.1) is 10.7 Å². The Labute approximate surface area is 121 Å². The van der Waals surface area contributed by atoms with Gasteiger partial charge in [0.15, 0.2) is 21.4 Å². The fourth-order valence-electron chi connectivity index (χ4n) is 1.42. The molecule has 0 aliphatic heterocycles. The van der Waals surface area contributed by atoms with Crippen molar-refractivity contribution in [2.24, 2.45) is 10.9 Å². The Kier molecular flexibility index (Phi) is 5.47. The molecule has 0 saturated carbocycles. The number of nitro benzene ring substituents is 1. The molecule has 1 rings (SSSR count). The van der Waals surface area contributed by atoms with Gasteiger partial charge in [0.25, 0.3) is 0 Å². The van der Waals surface area contributed by atoms with Gasteiger partial charge in [-0.3, -0.25) is 10.1 Å². The SMILES string of the molecule is CCS(=O)(=O)CCOc1ccc(C(N)=NO)cc1[N+](=O)[O-]. The van der Waals surface area contributed by atoms with Crippen molar-refractivity contribution in [3.05, 3.63) is 33.9 Å². The van der Waals surface area contributed by atoms with Crippen LogP contribution < -0.4 is 10.5 Å². The van der Waals surface area contributed by atoms with Crippen molar-refractivity contribution in [2.45, 2.75) is 6.92 Å². The van der Waals surface area contributed by atoms with E-state index >= 15 is 0 Å². The largest absolute Gasteiger partial charge is 0.486 e. The first kappa shape index (κ1) is 16.7. The first-order valence-electron chi connectivity index (χ1n) is 5.90. The highest BCUT2D eigenvalue weighted by molar-refractivity contribution is 7.91. The van der Waals surface area contributed by atoms with E-state index in [1.807, 2.05) is 0 Å².